The van der Waals surface area contributed by atoms with E-state index in [0.29, 0.717) is 21.2 Å². The summed E-state index contributed by atoms with van der Waals surface area (Å²) in [6.45, 7) is 0. The summed E-state index contributed by atoms with van der Waals surface area (Å²) in [5.41, 5.74) is 3.41. The van der Waals surface area contributed by atoms with E-state index in [2.05, 4.69) is 0 Å². The third kappa shape index (κ3) is 1.24. The van der Waals surface area contributed by atoms with Gasteiger partial charge in [0.1, 0.15) is 15.6 Å². The third-order valence-electron chi connectivity index (χ3n) is 2.43. The van der Waals surface area contributed by atoms with Crippen LogP contribution in [0.2, 0.25) is 10.0 Å². The first kappa shape index (κ1) is 9.08. The van der Waals surface area contributed by atoms with E-state index in [0.717, 1.165) is 11.1 Å². The average Bonchev–Trinajstić information content (AvgIpc) is 2.82. The highest BCUT2D eigenvalue weighted by Gasteiger charge is 2.19. The Morgan fingerprint density at radius 1 is 0.933 bits per heavy atom. The molecule has 1 nitrogen and oxygen atoms in total. The zero-order valence-electron chi connectivity index (χ0n) is 7.63. The van der Waals surface area contributed by atoms with Gasteiger partial charge >= 0.3 is 0 Å². The molecule has 0 radical (unpaired) electrons. The Balaban J connectivity index is 2.28. The van der Waals surface area contributed by atoms with Crippen LogP contribution in [0, 0.1) is 0 Å². The highest BCUT2D eigenvalue weighted by atomic mass is 35.5. The number of hydrogen-bond donors (Lipinski definition) is 0. The summed E-state index contributed by atoms with van der Waals surface area (Å²) in [6, 6.07) is 11.9. The molecule has 15 heavy (non-hydrogen) atoms. The van der Waals surface area contributed by atoms with Crippen molar-refractivity contribution in [1.82, 2.24) is 0 Å². The Morgan fingerprint density at radius 3 is 2.27 bits per heavy atom. The van der Waals surface area contributed by atoms with Crippen LogP contribution in [0.5, 0.6) is 0 Å². The molecule has 0 amide bonds. The maximum atomic E-state index is 6.03. The van der Waals surface area contributed by atoms with Gasteiger partial charge in [0, 0.05) is 5.56 Å². The van der Waals surface area contributed by atoms with Crippen molar-refractivity contribution in [3.05, 3.63) is 46.4 Å². The Hall–Kier alpha value is -1.18. The first-order valence-electron chi connectivity index (χ1n) is 4.52. The van der Waals surface area contributed by atoms with E-state index >= 15 is 0 Å². The Morgan fingerprint density at radius 2 is 1.67 bits per heavy atom. The van der Waals surface area contributed by atoms with Crippen molar-refractivity contribution in [2.45, 2.75) is 0 Å². The molecule has 0 aliphatic heterocycles. The van der Waals surface area contributed by atoms with Crippen molar-refractivity contribution in [3.63, 3.8) is 0 Å². The number of furan rings is 2. The minimum absolute atomic E-state index is 0.506. The molecular formula is C12H6Cl2O. The fraction of sp³-hybridized carbons (Fsp3) is 0. The summed E-state index contributed by atoms with van der Waals surface area (Å²) in [7, 11) is 0. The van der Waals surface area contributed by atoms with E-state index in [1.807, 2.05) is 36.4 Å². The normalized spacial score (nSPS) is 11.3. The van der Waals surface area contributed by atoms with Gasteiger partial charge in [-0.25, -0.2) is 0 Å². The standard InChI is InChI=1S/C12H6Cl2O/c13-10-9-6-8(12(15-9)11(10)14)7-4-2-1-3-5-7/h1-6H. The molecule has 2 heterocycles. The van der Waals surface area contributed by atoms with Gasteiger partial charge in [0.15, 0.2) is 5.58 Å². The van der Waals surface area contributed by atoms with Crippen LogP contribution in [0.15, 0.2) is 40.8 Å². The maximum absolute atomic E-state index is 6.03. The highest BCUT2D eigenvalue weighted by molar-refractivity contribution is 6.47. The molecule has 0 aliphatic rings. The highest BCUT2D eigenvalue weighted by Crippen LogP contribution is 2.43. The lowest BCUT2D eigenvalue weighted by atomic mass is 10.1. The van der Waals surface area contributed by atoms with Gasteiger partial charge in [-0.2, -0.15) is 0 Å². The fourth-order valence-corrected chi connectivity index (χ4v) is 2.11. The summed E-state index contributed by atoms with van der Waals surface area (Å²) in [4.78, 5) is 0. The molecule has 0 saturated carbocycles. The number of halogens is 2. The smallest absolute Gasteiger partial charge is 0.155 e. The summed E-state index contributed by atoms with van der Waals surface area (Å²) in [5, 5.41) is 1.01. The lowest BCUT2D eigenvalue weighted by molar-refractivity contribution is 0.676. The van der Waals surface area contributed by atoms with Gasteiger partial charge in [-0.15, -0.1) is 0 Å². The number of hydrogen-bond acceptors (Lipinski definition) is 1. The maximum Gasteiger partial charge on any atom is 0.155 e. The molecule has 0 atom stereocenters. The minimum Gasteiger partial charge on any atom is -0.453 e. The van der Waals surface area contributed by atoms with Crippen molar-refractivity contribution >= 4 is 34.4 Å². The molecule has 3 aromatic rings. The second-order valence-electron chi connectivity index (χ2n) is 3.35. The molecular weight excluding hydrogens is 231 g/mol. The van der Waals surface area contributed by atoms with Gasteiger partial charge < -0.3 is 4.42 Å². The number of fused-ring (bicyclic) bond motifs is 2. The summed E-state index contributed by atoms with van der Waals surface area (Å²) >= 11 is 12.0. The molecule has 0 unspecified atom stereocenters. The summed E-state index contributed by atoms with van der Waals surface area (Å²) in [6.07, 6.45) is 0. The zero-order valence-corrected chi connectivity index (χ0v) is 9.14. The fourth-order valence-electron chi connectivity index (χ4n) is 1.70. The summed E-state index contributed by atoms with van der Waals surface area (Å²) < 4.78 is 5.47. The zero-order chi connectivity index (χ0) is 10.4. The molecule has 0 saturated heterocycles. The molecule has 3 rings (SSSR count). The second kappa shape index (κ2) is 3.16. The van der Waals surface area contributed by atoms with Crippen LogP contribution >= 0.6 is 23.2 Å². The van der Waals surface area contributed by atoms with Crippen molar-refractivity contribution in [1.29, 1.82) is 0 Å². The van der Waals surface area contributed by atoms with Crippen molar-refractivity contribution in [2.24, 2.45) is 0 Å². The second-order valence-corrected chi connectivity index (χ2v) is 4.10. The van der Waals surface area contributed by atoms with E-state index < -0.39 is 0 Å². The van der Waals surface area contributed by atoms with Gasteiger partial charge in [-0.1, -0.05) is 53.5 Å². The first-order valence-corrected chi connectivity index (χ1v) is 5.28. The van der Waals surface area contributed by atoms with Crippen LogP contribution in [0.25, 0.3) is 22.3 Å². The largest absolute Gasteiger partial charge is 0.453 e. The third-order valence-corrected chi connectivity index (χ3v) is 3.26. The molecule has 0 spiro atoms. The van der Waals surface area contributed by atoms with Crippen LogP contribution < -0.4 is 0 Å². The lowest BCUT2D eigenvalue weighted by Crippen LogP contribution is -1.75. The molecule has 2 bridgehead atoms. The molecule has 0 fully saturated rings. The van der Waals surface area contributed by atoms with Gasteiger partial charge in [0.05, 0.1) is 0 Å². The van der Waals surface area contributed by atoms with E-state index in [4.69, 9.17) is 27.6 Å². The molecule has 3 heteroatoms. The average molecular weight is 237 g/mol. The predicted molar refractivity (Wildman–Crippen MR) is 62.9 cm³/mol. The van der Waals surface area contributed by atoms with E-state index in [1.165, 1.54) is 0 Å². The van der Waals surface area contributed by atoms with Gasteiger partial charge in [-0.05, 0) is 11.6 Å². The topological polar surface area (TPSA) is 13.1 Å². The Kier molecular flexibility index (Phi) is 1.91. The van der Waals surface area contributed by atoms with Gasteiger partial charge in [0.2, 0.25) is 0 Å². The van der Waals surface area contributed by atoms with Crippen molar-refractivity contribution in [3.8, 4) is 11.1 Å². The van der Waals surface area contributed by atoms with E-state index in [1.54, 1.807) is 0 Å². The number of rotatable bonds is 1. The molecule has 0 aliphatic carbocycles. The Labute approximate surface area is 96.6 Å². The van der Waals surface area contributed by atoms with Gasteiger partial charge in [-0.3, -0.25) is 0 Å². The summed E-state index contributed by atoms with van der Waals surface area (Å²) in [5.74, 6) is 0. The Bertz CT molecular complexity index is 598. The monoisotopic (exact) mass is 236 g/mol. The van der Waals surface area contributed by atoms with Crippen LogP contribution in [0.4, 0.5) is 0 Å². The van der Waals surface area contributed by atoms with Crippen LogP contribution in [0.1, 0.15) is 0 Å². The predicted octanol–water partition coefficient (Wildman–Crippen LogP) is 4.84. The van der Waals surface area contributed by atoms with Crippen LogP contribution in [0.3, 0.4) is 0 Å². The number of benzene rings is 2. The molecule has 0 N–H and O–H groups in total. The first-order chi connectivity index (χ1) is 7.27. The van der Waals surface area contributed by atoms with Crippen LogP contribution in [-0.2, 0) is 0 Å². The van der Waals surface area contributed by atoms with E-state index in [9.17, 15) is 0 Å². The van der Waals surface area contributed by atoms with E-state index in [-0.39, 0.29) is 0 Å². The van der Waals surface area contributed by atoms with Crippen molar-refractivity contribution in [2.75, 3.05) is 0 Å². The van der Waals surface area contributed by atoms with Crippen molar-refractivity contribution < 1.29 is 4.42 Å². The molecule has 74 valence electrons. The molecule has 1 aromatic carbocycles. The lowest BCUT2D eigenvalue weighted by Gasteiger charge is -1.98. The quantitative estimate of drug-likeness (QED) is 0.589. The van der Waals surface area contributed by atoms with Crippen LogP contribution in [-0.4, -0.2) is 0 Å². The van der Waals surface area contributed by atoms with Gasteiger partial charge in [0.25, 0.3) is 0 Å². The minimum atomic E-state index is 0.506. The SMILES string of the molecule is Clc1c(Cl)c2oc1cc2-c1ccccc1. The molecule has 2 aromatic heterocycles.